The molecule has 0 unspecified atom stereocenters. The second-order valence-corrected chi connectivity index (χ2v) is 7.40. The van der Waals surface area contributed by atoms with Crippen LogP contribution in [0.25, 0.3) is 10.8 Å². The molecule has 0 saturated heterocycles. The first-order valence-corrected chi connectivity index (χ1v) is 9.06. The van der Waals surface area contributed by atoms with Gasteiger partial charge in [0, 0.05) is 13.2 Å². The van der Waals surface area contributed by atoms with Crippen LogP contribution < -0.4 is 9.47 Å². The van der Waals surface area contributed by atoms with Gasteiger partial charge >= 0.3 is 0 Å². The second kappa shape index (κ2) is 5.79. The first-order valence-electron chi connectivity index (χ1n) is 9.06. The molecular weight excluding hydrogens is 348 g/mol. The third-order valence-corrected chi connectivity index (χ3v) is 5.98. The van der Waals surface area contributed by atoms with Crippen LogP contribution in [0.5, 0.6) is 11.5 Å². The number of allylic oxidation sites excluding steroid dienone is 1. The Bertz CT molecular complexity index is 910. The number of ketones is 1. The Morgan fingerprint density at radius 3 is 2.41 bits per heavy atom. The Labute approximate surface area is 156 Å². The van der Waals surface area contributed by atoms with Crippen molar-refractivity contribution >= 4 is 16.6 Å². The largest absolute Gasteiger partial charge is 0.448 e. The number of hydrogen-bond acceptors (Lipinski definition) is 6. The van der Waals surface area contributed by atoms with Crippen molar-refractivity contribution in [3.8, 4) is 11.5 Å². The monoisotopic (exact) mass is 368 g/mol. The number of carbonyl (C=O) groups is 1. The number of benzene rings is 2. The molecule has 0 bridgehead atoms. The summed E-state index contributed by atoms with van der Waals surface area (Å²) in [6.45, 7) is 0. The maximum atomic E-state index is 12.6. The van der Waals surface area contributed by atoms with Crippen LogP contribution in [-0.2, 0) is 9.53 Å². The van der Waals surface area contributed by atoms with Crippen LogP contribution in [-0.4, -0.2) is 47.2 Å². The number of aliphatic hydroxyl groups excluding tert-OH is 2. The normalized spacial score (nSPS) is 33.4. The molecule has 5 rings (SSSR count). The van der Waals surface area contributed by atoms with Crippen molar-refractivity contribution in [2.45, 2.75) is 30.5 Å². The average molecular weight is 368 g/mol. The summed E-state index contributed by atoms with van der Waals surface area (Å²) in [6.07, 6.45) is 0.234. The number of ether oxygens (including phenoxy) is 3. The van der Waals surface area contributed by atoms with Gasteiger partial charge in [-0.15, -0.1) is 0 Å². The first-order chi connectivity index (χ1) is 13.0. The fourth-order valence-corrected chi connectivity index (χ4v) is 4.73. The minimum Gasteiger partial charge on any atom is -0.448 e. The Morgan fingerprint density at radius 2 is 1.78 bits per heavy atom. The highest BCUT2D eigenvalue weighted by Gasteiger charge is 2.59. The maximum absolute atomic E-state index is 12.6. The van der Waals surface area contributed by atoms with Crippen LogP contribution in [0.3, 0.4) is 0 Å². The molecule has 6 nitrogen and oxygen atoms in total. The summed E-state index contributed by atoms with van der Waals surface area (Å²) in [5.74, 6) is -1.22. The molecule has 2 N–H and O–H groups in total. The molecule has 1 heterocycles. The zero-order valence-corrected chi connectivity index (χ0v) is 14.7. The van der Waals surface area contributed by atoms with E-state index in [0.717, 1.165) is 10.8 Å². The molecule has 1 aliphatic heterocycles. The van der Waals surface area contributed by atoms with Crippen LogP contribution >= 0.6 is 0 Å². The van der Waals surface area contributed by atoms with Crippen molar-refractivity contribution in [1.82, 2.24) is 0 Å². The molecule has 3 aliphatic rings. The number of aliphatic hydroxyl groups is 2. The third kappa shape index (κ3) is 2.27. The van der Waals surface area contributed by atoms with E-state index >= 15 is 0 Å². The van der Waals surface area contributed by atoms with Gasteiger partial charge in [0.15, 0.2) is 5.78 Å². The molecule has 2 aromatic carbocycles. The SMILES string of the molecule is CO[C@H]1[C@H](O)[C@H](O)C[C@@H]2[C@H]1C(=O)C=CC21Oc2cccc3cccc(c23)O1. The van der Waals surface area contributed by atoms with E-state index in [1.165, 1.54) is 13.2 Å². The predicted molar refractivity (Wildman–Crippen MR) is 96.5 cm³/mol. The molecule has 140 valence electrons. The average Bonchev–Trinajstić information content (AvgIpc) is 2.67. The Kier molecular flexibility index (Phi) is 3.59. The molecule has 0 radical (unpaired) electrons. The van der Waals surface area contributed by atoms with Gasteiger partial charge in [0.05, 0.1) is 29.4 Å². The zero-order chi connectivity index (χ0) is 18.8. The van der Waals surface area contributed by atoms with Gasteiger partial charge in [-0.1, -0.05) is 24.3 Å². The predicted octanol–water partition coefficient (Wildman–Crippen LogP) is 1.82. The minimum absolute atomic E-state index is 0.160. The van der Waals surface area contributed by atoms with Crippen LogP contribution in [0.15, 0.2) is 48.6 Å². The Balaban J connectivity index is 1.65. The van der Waals surface area contributed by atoms with E-state index < -0.39 is 35.9 Å². The highest BCUT2D eigenvalue weighted by atomic mass is 16.7. The smallest absolute Gasteiger partial charge is 0.275 e. The molecule has 1 saturated carbocycles. The van der Waals surface area contributed by atoms with E-state index in [9.17, 15) is 15.0 Å². The van der Waals surface area contributed by atoms with Crippen LogP contribution in [0.1, 0.15) is 6.42 Å². The number of methoxy groups -OCH3 is 1. The number of rotatable bonds is 1. The first kappa shape index (κ1) is 16.7. The van der Waals surface area contributed by atoms with Crippen LogP contribution in [0, 0.1) is 11.8 Å². The van der Waals surface area contributed by atoms with E-state index in [1.54, 1.807) is 6.08 Å². The number of hydrogen-bond donors (Lipinski definition) is 2. The molecule has 1 spiro atoms. The summed E-state index contributed by atoms with van der Waals surface area (Å²) >= 11 is 0. The van der Waals surface area contributed by atoms with E-state index in [4.69, 9.17) is 14.2 Å². The molecule has 0 amide bonds. The molecule has 1 fully saturated rings. The highest BCUT2D eigenvalue weighted by molar-refractivity contribution is 5.96. The van der Waals surface area contributed by atoms with Crippen molar-refractivity contribution in [3.63, 3.8) is 0 Å². The standard InChI is InChI=1S/C21H20O6/c1-25-20-18-12(10-14(23)19(20)24)21(9-8-13(18)22)26-15-6-2-4-11-5-3-7-16(27-21)17(11)15/h2-9,12,14,18-20,23-24H,10H2,1H3/t12-,14-,18+,19-,20-/m1/s1. The number of carbonyl (C=O) groups excluding carboxylic acids is 1. The molecule has 2 aliphatic carbocycles. The van der Waals surface area contributed by atoms with Gasteiger partial charge in [-0.25, -0.2) is 0 Å². The summed E-state index contributed by atoms with van der Waals surface area (Å²) < 4.78 is 18.0. The topological polar surface area (TPSA) is 85.2 Å². The fourth-order valence-electron chi connectivity index (χ4n) is 4.73. The van der Waals surface area contributed by atoms with E-state index in [1.807, 2.05) is 36.4 Å². The summed E-state index contributed by atoms with van der Waals surface area (Å²) in [7, 11) is 1.43. The van der Waals surface area contributed by atoms with Gasteiger partial charge in [0.25, 0.3) is 5.79 Å². The number of fused-ring (bicyclic) bond motifs is 2. The van der Waals surface area contributed by atoms with Gasteiger partial charge in [0.2, 0.25) is 0 Å². The lowest BCUT2D eigenvalue weighted by Crippen LogP contribution is -2.64. The molecular formula is C21H20O6. The lowest BCUT2D eigenvalue weighted by molar-refractivity contribution is -0.211. The molecule has 2 aromatic rings. The summed E-state index contributed by atoms with van der Waals surface area (Å²) in [5, 5.41) is 22.6. The van der Waals surface area contributed by atoms with Crippen molar-refractivity contribution < 1.29 is 29.2 Å². The van der Waals surface area contributed by atoms with E-state index in [-0.39, 0.29) is 12.2 Å². The molecule has 6 heteroatoms. The van der Waals surface area contributed by atoms with E-state index in [2.05, 4.69) is 0 Å². The van der Waals surface area contributed by atoms with Crippen LogP contribution in [0.4, 0.5) is 0 Å². The van der Waals surface area contributed by atoms with Crippen molar-refractivity contribution in [2.75, 3.05) is 7.11 Å². The molecule has 0 aromatic heterocycles. The zero-order valence-electron chi connectivity index (χ0n) is 14.7. The lowest BCUT2D eigenvalue weighted by atomic mass is 9.66. The fraction of sp³-hybridized carbons (Fsp3) is 0.381. The lowest BCUT2D eigenvalue weighted by Gasteiger charge is -2.51. The Morgan fingerprint density at radius 1 is 1.11 bits per heavy atom. The summed E-state index contributed by atoms with van der Waals surface area (Å²) in [6, 6.07) is 11.5. The van der Waals surface area contributed by atoms with E-state index in [0.29, 0.717) is 11.5 Å². The third-order valence-electron chi connectivity index (χ3n) is 5.98. The van der Waals surface area contributed by atoms with Crippen molar-refractivity contribution in [1.29, 1.82) is 0 Å². The van der Waals surface area contributed by atoms with Gasteiger partial charge in [-0.2, -0.15) is 0 Å². The highest BCUT2D eigenvalue weighted by Crippen LogP contribution is 2.50. The van der Waals surface area contributed by atoms with Gasteiger partial charge in [-0.05, 0) is 30.0 Å². The summed E-state index contributed by atoms with van der Waals surface area (Å²) in [4.78, 5) is 12.6. The van der Waals surface area contributed by atoms with Crippen molar-refractivity contribution in [2.24, 2.45) is 11.8 Å². The Hall–Kier alpha value is -2.41. The second-order valence-electron chi connectivity index (χ2n) is 7.40. The molecule has 27 heavy (non-hydrogen) atoms. The minimum atomic E-state index is -1.24. The van der Waals surface area contributed by atoms with Gasteiger partial charge < -0.3 is 24.4 Å². The van der Waals surface area contributed by atoms with Crippen LogP contribution in [0.2, 0.25) is 0 Å². The van der Waals surface area contributed by atoms with Gasteiger partial charge in [-0.3, -0.25) is 4.79 Å². The quantitative estimate of drug-likeness (QED) is 0.799. The van der Waals surface area contributed by atoms with Crippen molar-refractivity contribution in [3.05, 3.63) is 48.6 Å². The van der Waals surface area contributed by atoms with Gasteiger partial charge in [0.1, 0.15) is 17.6 Å². The summed E-state index contributed by atoms with van der Waals surface area (Å²) in [5.41, 5.74) is 0. The maximum Gasteiger partial charge on any atom is 0.275 e. The molecule has 5 atom stereocenters.